The topological polar surface area (TPSA) is 85.4 Å². The monoisotopic (exact) mass is 315 g/mol. The van der Waals surface area contributed by atoms with Crippen molar-refractivity contribution < 1.29 is 13.2 Å². The lowest BCUT2D eigenvalue weighted by atomic mass is 10.1. The van der Waals surface area contributed by atoms with Crippen LogP contribution in [0.4, 0.5) is 0 Å². The number of primary sulfonamides is 1. The van der Waals surface area contributed by atoms with E-state index in [4.69, 9.17) is 5.14 Å². The lowest BCUT2D eigenvalue weighted by Gasteiger charge is -2.20. The molecule has 1 amide bonds. The lowest BCUT2D eigenvalue weighted by molar-refractivity contribution is 0.0777. The van der Waals surface area contributed by atoms with E-state index >= 15 is 0 Å². The van der Waals surface area contributed by atoms with Gasteiger partial charge in [-0.3, -0.25) is 4.79 Å². The molecule has 0 aromatic carbocycles. The van der Waals surface area contributed by atoms with Crippen LogP contribution in [0.1, 0.15) is 50.6 Å². The predicted molar refractivity (Wildman–Crippen MR) is 82.6 cm³/mol. The van der Waals surface area contributed by atoms with E-state index in [-0.39, 0.29) is 16.8 Å². The van der Waals surface area contributed by atoms with Crippen LogP contribution >= 0.6 is 0 Å². The molecule has 0 saturated carbocycles. The van der Waals surface area contributed by atoms with Gasteiger partial charge < -0.3 is 9.47 Å². The van der Waals surface area contributed by atoms with Crippen LogP contribution in [0.3, 0.4) is 0 Å². The van der Waals surface area contributed by atoms with Crippen LogP contribution in [0.2, 0.25) is 0 Å². The molecular formula is C14H25N3O3S. The first-order chi connectivity index (χ1) is 9.54. The fourth-order valence-corrected chi connectivity index (χ4v) is 2.49. The van der Waals surface area contributed by atoms with Gasteiger partial charge in [-0.1, -0.05) is 13.8 Å². The zero-order valence-corrected chi connectivity index (χ0v) is 14.1. The highest BCUT2D eigenvalue weighted by atomic mass is 32.2. The number of carbonyl (C=O) groups excluding carboxylic acids is 1. The van der Waals surface area contributed by atoms with Gasteiger partial charge in [-0.05, 0) is 32.3 Å². The molecule has 0 radical (unpaired) electrons. The number of hydrogen-bond acceptors (Lipinski definition) is 3. The minimum Gasteiger partial charge on any atom is -0.340 e. The molecule has 0 unspecified atom stereocenters. The first-order valence-corrected chi connectivity index (χ1v) is 8.58. The Morgan fingerprint density at radius 2 is 1.90 bits per heavy atom. The molecule has 120 valence electrons. The Morgan fingerprint density at radius 3 is 2.33 bits per heavy atom. The normalized spacial score (nSPS) is 12.2. The largest absolute Gasteiger partial charge is 0.340 e. The van der Waals surface area contributed by atoms with Crippen molar-refractivity contribution >= 4 is 15.9 Å². The summed E-state index contributed by atoms with van der Waals surface area (Å²) >= 11 is 0. The maximum atomic E-state index is 12.5. The Bertz CT molecular complexity index is 603. The number of carbonyl (C=O) groups is 1. The number of aromatic nitrogens is 1. The third-order valence-electron chi connectivity index (χ3n) is 3.32. The molecule has 0 atom stereocenters. The standard InChI is InChI=1S/C14H25N3O3S/c1-10(2)6-7-16(5)14(18)13-8-12(21(15,19)20)9-17(13)11(3)4/h8-11H,6-7H2,1-5H3,(H2,15,19,20). The first-order valence-electron chi connectivity index (χ1n) is 7.04. The summed E-state index contributed by atoms with van der Waals surface area (Å²) in [6, 6.07) is 1.32. The Morgan fingerprint density at radius 1 is 1.33 bits per heavy atom. The maximum absolute atomic E-state index is 12.5. The zero-order chi connectivity index (χ0) is 16.4. The molecular weight excluding hydrogens is 290 g/mol. The van der Waals surface area contributed by atoms with Crippen LogP contribution in [0.25, 0.3) is 0 Å². The molecule has 1 aromatic rings. The Balaban J connectivity index is 3.10. The van der Waals surface area contributed by atoms with Crippen molar-refractivity contribution in [2.45, 2.75) is 45.1 Å². The molecule has 6 nitrogen and oxygen atoms in total. The fraction of sp³-hybridized carbons (Fsp3) is 0.643. The summed E-state index contributed by atoms with van der Waals surface area (Å²) < 4.78 is 24.6. The Kier molecular flexibility index (Phi) is 5.58. The van der Waals surface area contributed by atoms with Crippen LogP contribution in [0, 0.1) is 5.92 Å². The summed E-state index contributed by atoms with van der Waals surface area (Å²) in [4.78, 5) is 14.1. The maximum Gasteiger partial charge on any atom is 0.270 e. The van der Waals surface area contributed by atoms with Gasteiger partial charge in [0.2, 0.25) is 10.0 Å². The van der Waals surface area contributed by atoms with Crippen LogP contribution < -0.4 is 5.14 Å². The van der Waals surface area contributed by atoms with Gasteiger partial charge in [-0.25, -0.2) is 13.6 Å². The third kappa shape index (κ3) is 4.57. The number of sulfonamides is 1. The van der Waals surface area contributed by atoms with Crippen molar-refractivity contribution in [2.75, 3.05) is 13.6 Å². The number of rotatable bonds is 6. The number of nitrogens with two attached hydrogens (primary N) is 1. The summed E-state index contributed by atoms with van der Waals surface area (Å²) in [5, 5.41) is 5.15. The summed E-state index contributed by atoms with van der Waals surface area (Å²) in [7, 11) is -2.09. The van der Waals surface area contributed by atoms with Gasteiger partial charge in [0.25, 0.3) is 5.91 Å². The van der Waals surface area contributed by atoms with Gasteiger partial charge >= 0.3 is 0 Å². The van der Waals surface area contributed by atoms with Crippen molar-refractivity contribution in [1.82, 2.24) is 9.47 Å². The quantitative estimate of drug-likeness (QED) is 0.869. The molecule has 2 N–H and O–H groups in total. The highest BCUT2D eigenvalue weighted by molar-refractivity contribution is 7.89. The minimum atomic E-state index is -3.81. The number of hydrogen-bond donors (Lipinski definition) is 1. The van der Waals surface area contributed by atoms with E-state index in [0.717, 1.165) is 6.42 Å². The van der Waals surface area contributed by atoms with E-state index in [1.54, 1.807) is 16.5 Å². The van der Waals surface area contributed by atoms with Gasteiger partial charge in [-0.2, -0.15) is 0 Å². The minimum absolute atomic E-state index is 0.0297. The SMILES string of the molecule is CC(C)CCN(C)C(=O)c1cc(S(N)(=O)=O)cn1C(C)C. The lowest BCUT2D eigenvalue weighted by Crippen LogP contribution is -2.30. The Hall–Kier alpha value is -1.34. The van der Waals surface area contributed by atoms with Crippen molar-refractivity contribution in [1.29, 1.82) is 0 Å². The molecule has 0 aliphatic rings. The van der Waals surface area contributed by atoms with Gasteiger partial charge in [0, 0.05) is 25.8 Å². The third-order valence-corrected chi connectivity index (χ3v) is 4.20. The van der Waals surface area contributed by atoms with Crippen molar-refractivity contribution in [3.05, 3.63) is 18.0 Å². The van der Waals surface area contributed by atoms with Crippen LogP contribution in [-0.2, 0) is 10.0 Å². The Labute approximate surface area is 127 Å². The first kappa shape index (κ1) is 17.7. The van der Waals surface area contributed by atoms with Crippen molar-refractivity contribution in [3.63, 3.8) is 0 Å². The summed E-state index contributed by atoms with van der Waals surface area (Å²) in [5.41, 5.74) is 0.347. The average molecular weight is 315 g/mol. The predicted octanol–water partition coefficient (Wildman–Crippen LogP) is 1.83. The molecule has 1 rings (SSSR count). The van der Waals surface area contributed by atoms with E-state index in [0.29, 0.717) is 18.2 Å². The molecule has 0 saturated heterocycles. The molecule has 0 fully saturated rings. The molecule has 7 heteroatoms. The smallest absolute Gasteiger partial charge is 0.270 e. The fourth-order valence-electron chi connectivity index (χ4n) is 1.96. The molecule has 0 bridgehead atoms. The van der Waals surface area contributed by atoms with Crippen molar-refractivity contribution in [3.8, 4) is 0 Å². The van der Waals surface area contributed by atoms with E-state index in [2.05, 4.69) is 13.8 Å². The average Bonchev–Trinajstić information content (AvgIpc) is 2.79. The van der Waals surface area contributed by atoms with Crippen LogP contribution in [0.5, 0.6) is 0 Å². The van der Waals surface area contributed by atoms with E-state index in [1.807, 2.05) is 13.8 Å². The van der Waals surface area contributed by atoms with E-state index in [9.17, 15) is 13.2 Å². The summed E-state index contributed by atoms with van der Waals surface area (Å²) in [6.07, 6.45) is 2.32. The molecule has 0 aliphatic heterocycles. The van der Waals surface area contributed by atoms with Gasteiger partial charge in [0.05, 0.1) is 0 Å². The van der Waals surface area contributed by atoms with Crippen LogP contribution in [-0.4, -0.2) is 37.4 Å². The second-order valence-electron chi connectivity index (χ2n) is 6.02. The molecule has 1 aromatic heterocycles. The van der Waals surface area contributed by atoms with E-state index < -0.39 is 10.0 Å². The molecule has 1 heterocycles. The summed E-state index contributed by atoms with van der Waals surface area (Å²) in [5.74, 6) is 0.302. The number of amides is 1. The molecule has 0 spiro atoms. The van der Waals surface area contributed by atoms with Gasteiger partial charge in [-0.15, -0.1) is 0 Å². The second-order valence-corrected chi connectivity index (χ2v) is 7.58. The second kappa shape index (κ2) is 6.62. The van der Waals surface area contributed by atoms with Gasteiger partial charge in [0.15, 0.2) is 0 Å². The van der Waals surface area contributed by atoms with Crippen LogP contribution in [0.15, 0.2) is 17.2 Å². The molecule has 21 heavy (non-hydrogen) atoms. The highest BCUT2D eigenvalue weighted by Gasteiger charge is 2.22. The van der Waals surface area contributed by atoms with E-state index in [1.165, 1.54) is 12.3 Å². The zero-order valence-electron chi connectivity index (χ0n) is 13.3. The highest BCUT2D eigenvalue weighted by Crippen LogP contribution is 2.19. The number of nitrogens with zero attached hydrogens (tertiary/aromatic N) is 2. The van der Waals surface area contributed by atoms with Crippen molar-refractivity contribution in [2.24, 2.45) is 11.1 Å². The summed E-state index contributed by atoms with van der Waals surface area (Å²) in [6.45, 7) is 8.59. The molecule has 0 aliphatic carbocycles. The van der Waals surface area contributed by atoms with Gasteiger partial charge in [0.1, 0.15) is 10.6 Å².